The van der Waals surface area contributed by atoms with Crippen LogP contribution in [-0.2, 0) is 9.53 Å². The average molecular weight is 569 g/mol. The van der Waals surface area contributed by atoms with Crippen LogP contribution in [0.3, 0.4) is 0 Å². The molecule has 9 heteroatoms. The van der Waals surface area contributed by atoms with E-state index in [1.807, 2.05) is 6.07 Å². The maximum atomic E-state index is 13.4. The van der Waals surface area contributed by atoms with Gasteiger partial charge in [-0.15, -0.1) is 0 Å². The monoisotopic (exact) mass is 568 g/mol. The molecule has 160 valence electrons. The van der Waals surface area contributed by atoms with Crippen LogP contribution in [-0.4, -0.2) is 16.6 Å². The highest BCUT2D eigenvalue weighted by Gasteiger charge is 2.33. The number of thiazole rings is 1. The number of carbonyl (C=O) groups is 1. The van der Waals surface area contributed by atoms with Crippen LogP contribution >= 0.6 is 45.5 Å². The number of hydrogen-bond acceptors (Lipinski definition) is 6. The zero-order valence-electron chi connectivity index (χ0n) is 16.9. The molecule has 6 nitrogen and oxygen atoms in total. The van der Waals surface area contributed by atoms with E-state index in [1.54, 1.807) is 57.2 Å². The number of halogens is 2. The molecule has 2 aromatic heterocycles. The Morgan fingerprint density at radius 3 is 2.61 bits per heavy atom. The summed E-state index contributed by atoms with van der Waals surface area (Å²) in [5, 5.41) is 0.565. The van der Waals surface area contributed by atoms with Gasteiger partial charge in [-0.25, -0.2) is 9.79 Å². The van der Waals surface area contributed by atoms with Crippen LogP contribution in [0.4, 0.5) is 0 Å². The molecular formula is C22H18ClIN2O4S. The number of esters is 1. The van der Waals surface area contributed by atoms with E-state index in [4.69, 9.17) is 20.8 Å². The number of aromatic nitrogens is 1. The Kier molecular flexibility index (Phi) is 6.23. The maximum Gasteiger partial charge on any atom is 0.338 e. The van der Waals surface area contributed by atoms with Gasteiger partial charge in [-0.2, -0.15) is 0 Å². The smallest absolute Gasteiger partial charge is 0.338 e. The van der Waals surface area contributed by atoms with Gasteiger partial charge in [-0.3, -0.25) is 9.36 Å². The molecule has 1 atom stereocenters. The number of allylic oxidation sites excluding steroid dienone is 1. The summed E-state index contributed by atoms with van der Waals surface area (Å²) >= 11 is 9.39. The van der Waals surface area contributed by atoms with Crippen molar-refractivity contribution in [1.29, 1.82) is 0 Å². The van der Waals surface area contributed by atoms with Gasteiger partial charge < -0.3 is 9.15 Å². The van der Waals surface area contributed by atoms with Crippen LogP contribution in [0.5, 0.6) is 0 Å². The Morgan fingerprint density at radius 1 is 1.29 bits per heavy atom. The third kappa shape index (κ3) is 4.42. The number of benzene rings is 1. The molecule has 1 aliphatic rings. The van der Waals surface area contributed by atoms with Gasteiger partial charge in [0.15, 0.2) is 8.57 Å². The molecular weight excluding hydrogens is 551 g/mol. The number of fused-ring (bicyclic) bond motifs is 1. The fourth-order valence-corrected chi connectivity index (χ4v) is 4.94. The first-order valence-corrected chi connectivity index (χ1v) is 11.8. The lowest BCUT2D eigenvalue weighted by atomic mass is 9.96. The summed E-state index contributed by atoms with van der Waals surface area (Å²) in [5.41, 5.74) is 1.35. The molecule has 0 bridgehead atoms. The summed E-state index contributed by atoms with van der Waals surface area (Å²) in [4.78, 5) is 31.5. The molecule has 0 unspecified atom stereocenters. The summed E-state index contributed by atoms with van der Waals surface area (Å²) in [6, 6.07) is 10.0. The van der Waals surface area contributed by atoms with Crippen molar-refractivity contribution in [2.45, 2.75) is 32.9 Å². The Morgan fingerprint density at radius 2 is 2.00 bits per heavy atom. The minimum atomic E-state index is -0.668. The van der Waals surface area contributed by atoms with E-state index < -0.39 is 12.0 Å². The molecule has 3 aromatic rings. The Hall–Kier alpha value is -2.17. The van der Waals surface area contributed by atoms with Gasteiger partial charge in [0.2, 0.25) is 0 Å². The van der Waals surface area contributed by atoms with E-state index in [2.05, 4.69) is 27.6 Å². The molecule has 1 aromatic carbocycles. The number of nitrogens with zero attached hydrogens (tertiary/aromatic N) is 2. The number of carbonyl (C=O) groups excluding carboxylic acids is 1. The fourth-order valence-electron chi connectivity index (χ4n) is 3.36. The summed E-state index contributed by atoms with van der Waals surface area (Å²) in [5.74, 6) is 0.0823. The number of furan rings is 1. The van der Waals surface area contributed by atoms with Gasteiger partial charge >= 0.3 is 5.97 Å². The molecule has 0 aliphatic carbocycles. The first-order chi connectivity index (χ1) is 14.7. The highest BCUT2D eigenvalue weighted by atomic mass is 127. The van der Waals surface area contributed by atoms with Gasteiger partial charge in [0, 0.05) is 11.1 Å². The van der Waals surface area contributed by atoms with Crippen molar-refractivity contribution in [2.24, 2.45) is 4.99 Å². The molecule has 31 heavy (non-hydrogen) atoms. The van der Waals surface area contributed by atoms with Crippen molar-refractivity contribution in [3.63, 3.8) is 0 Å². The van der Waals surface area contributed by atoms with Crippen LogP contribution in [0.2, 0.25) is 5.02 Å². The number of hydrogen-bond donors (Lipinski definition) is 0. The van der Waals surface area contributed by atoms with E-state index in [1.165, 1.54) is 15.9 Å². The molecule has 0 radical (unpaired) electrons. The lowest BCUT2D eigenvalue weighted by Gasteiger charge is -2.25. The summed E-state index contributed by atoms with van der Waals surface area (Å²) in [6.45, 7) is 5.32. The Bertz CT molecular complexity index is 1370. The molecule has 0 saturated heterocycles. The van der Waals surface area contributed by atoms with Crippen LogP contribution in [0, 0.1) is 3.77 Å². The fraction of sp³-hybridized carbons (Fsp3) is 0.227. The second-order valence-electron chi connectivity index (χ2n) is 7.23. The lowest BCUT2D eigenvalue weighted by molar-refractivity contribution is -0.143. The summed E-state index contributed by atoms with van der Waals surface area (Å²) < 4.78 is 13.8. The molecule has 0 N–H and O–H groups in total. The van der Waals surface area contributed by atoms with Crippen molar-refractivity contribution < 1.29 is 13.9 Å². The largest absolute Gasteiger partial charge is 0.459 e. The number of rotatable bonds is 4. The Labute approximate surface area is 200 Å². The van der Waals surface area contributed by atoms with Crippen molar-refractivity contribution in [3.8, 4) is 0 Å². The predicted molar refractivity (Wildman–Crippen MR) is 128 cm³/mol. The SMILES string of the molecule is CC1=C(C(=O)OC(C)C)[C@@H](c2ccc(Cl)cc2)n2c(s/c(=C\c3ccc(I)o3)c2=O)=N1. The highest BCUT2D eigenvalue weighted by molar-refractivity contribution is 14.1. The van der Waals surface area contributed by atoms with Gasteiger partial charge in [-0.05, 0) is 73.2 Å². The molecule has 3 heterocycles. The van der Waals surface area contributed by atoms with Crippen LogP contribution in [0.15, 0.2) is 61.9 Å². The van der Waals surface area contributed by atoms with Gasteiger partial charge in [0.05, 0.1) is 27.9 Å². The van der Waals surface area contributed by atoms with E-state index >= 15 is 0 Å². The van der Waals surface area contributed by atoms with Gasteiger partial charge in [-0.1, -0.05) is 35.1 Å². The normalized spacial score (nSPS) is 16.5. The third-order valence-corrected chi connectivity index (χ3v) is 6.45. The second-order valence-corrected chi connectivity index (χ2v) is 9.74. The molecule has 0 spiro atoms. The van der Waals surface area contributed by atoms with Crippen molar-refractivity contribution in [1.82, 2.24) is 4.57 Å². The van der Waals surface area contributed by atoms with Crippen molar-refractivity contribution >= 4 is 57.6 Å². The third-order valence-electron chi connectivity index (χ3n) is 4.64. The second kappa shape index (κ2) is 8.76. The zero-order chi connectivity index (χ0) is 22.3. The number of ether oxygens (including phenoxy) is 1. The van der Waals surface area contributed by atoms with Crippen LogP contribution < -0.4 is 14.9 Å². The van der Waals surface area contributed by atoms with Crippen molar-refractivity contribution in [3.05, 3.63) is 87.5 Å². The molecule has 1 aliphatic heterocycles. The molecule has 0 saturated carbocycles. The first-order valence-electron chi connectivity index (χ1n) is 9.49. The van der Waals surface area contributed by atoms with E-state index in [0.29, 0.717) is 31.4 Å². The average Bonchev–Trinajstić information content (AvgIpc) is 3.24. The zero-order valence-corrected chi connectivity index (χ0v) is 20.6. The quantitative estimate of drug-likeness (QED) is 0.352. The van der Waals surface area contributed by atoms with E-state index in [0.717, 1.165) is 9.33 Å². The van der Waals surface area contributed by atoms with E-state index in [9.17, 15) is 9.59 Å². The van der Waals surface area contributed by atoms with Gasteiger partial charge in [0.25, 0.3) is 5.56 Å². The molecule has 4 rings (SSSR count). The minimum absolute atomic E-state index is 0.252. The summed E-state index contributed by atoms with van der Waals surface area (Å²) in [6.07, 6.45) is 1.39. The van der Waals surface area contributed by atoms with Gasteiger partial charge in [0.1, 0.15) is 5.76 Å². The predicted octanol–water partition coefficient (Wildman–Crippen LogP) is 4.04. The highest BCUT2D eigenvalue weighted by Crippen LogP contribution is 2.31. The topological polar surface area (TPSA) is 73.8 Å². The Balaban J connectivity index is 1.95. The van der Waals surface area contributed by atoms with Crippen molar-refractivity contribution in [2.75, 3.05) is 0 Å². The minimum Gasteiger partial charge on any atom is -0.459 e. The van der Waals surface area contributed by atoms with Crippen LogP contribution in [0.1, 0.15) is 38.1 Å². The molecule has 0 amide bonds. The lowest BCUT2D eigenvalue weighted by Crippen LogP contribution is -2.40. The van der Waals surface area contributed by atoms with Crippen LogP contribution in [0.25, 0.3) is 6.08 Å². The van der Waals surface area contributed by atoms with E-state index in [-0.39, 0.29) is 11.7 Å². The standard InChI is InChI=1S/C22H18ClIN2O4S/c1-11(2)29-21(28)18-12(3)25-22-26(19(18)13-4-6-14(23)7-5-13)20(27)16(31-22)10-15-8-9-17(24)30-15/h4-11,19H,1-3H3/b16-10-/t19-/m1/s1. The maximum absolute atomic E-state index is 13.4. The first kappa shape index (κ1) is 22.0. The molecule has 0 fully saturated rings. The summed E-state index contributed by atoms with van der Waals surface area (Å²) in [7, 11) is 0.